The van der Waals surface area contributed by atoms with Crippen LogP contribution in [0.15, 0.2) is 16.5 Å². The maximum atomic E-state index is 12.7. The molecule has 2 aliphatic rings. The molecule has 1 aromatic rings. The average Bonchev–Trinajstić information content (AvgIpc) is 3.15. The summed E-state index contributed by atoms with van der Waals surface area (Å²) < 4.78 is 5.09. The number of carbonyl (C=O) groups is 1. The van der Waals surface area contributed by atoms with E-state index in [1.54, 1.807) is 0 Å². The number of amides is 1. The molecular formula is C15H20N2O4. The Balaban J connectivity index is 1.76. The SMILES string of the molecule is CC1CCC(N(C(=O)c2ccc([N+](=O)[O-])o2)C2CC2)CC1. The highest BCUT2D eigenvalue weighted by molar-refractivity contribution is 5.92. The second-order valence-corrected chi connectivity index (χ2v) is 6.25. The van der Waals surface area contributed by atoms with Crippen LogP contribution in [0.25, 0.3) is 0 Å². The van der Waals surface area contributed by atoms with Gasteiger partial charge in [0.15, 0.2) is 5.76 Å². The van der Waals surface area contributed by atoms with Crippen LogP contribution in [0.2, 0.25) is 0 Å². The Bertz CT molecular complexity index is 542. The minimum Gasteiger partial charge on any atom is -0.395 e. The van der Waals surface area contributed by atoms with E-state index in [9.17, 15) is 14.9 Å². The van der Waals surface area contributed by atoms with Crippen molar-refractivity contribution < 1.29 is 14.1 Å². The van der Waals surface area contributed by atoms with Crippen LogP contribution in [0.1, 0.15) is 56.0 Å². The molecule has 6 nitrogen and oxygen atoms in total. The predicted molar refractivity (Wildman–Crippen MR) is 76.0 cm³/mol. The summed E-state index contributed by atoms with van der Waals surface area (Å²) in [5, 5.41) is 10.7. The summed E-state index contributed by atoms with van der Waals surface area (Å²) in [5.74, 6) is 0.255. The van der Waals surface area contributed by atoms with Gasteiger partial charge < -0.3 is 9.32 Å². The summed E-state index contributed by atoms with van der Waals surface area (Å²) in [7, 11) is 0. The van der Waals surface area contributed by atoms with E-state index in [0.29, 0.717) is 6.04 Å². The quantitative estimate of drug-likeness (QED) is 0.629. The van der Waals surface area contributed by atoms with Crippen molar-refractivity contribution >= 4 is 11.8 Å². The minimum atomic E-state index is -0.611. The van der Waals surface area contributed by atoms with Crippen LogP contribution in [0.5, 0.6) is 0 Å². The zero-order valence-electron chi connectivity index (χ0n) is 12.2. The van der Waals surface area contributed by atoms with Crippen molar-refractivity contribution in [1.82, 2.24) is 4.90 Å². The molecule has 6 heteroatoms. The molecule has 1 heterocycles. The van der Waals surface area contributed by atoms with Crippen LogP contribution >= 0.6 is 0 Å². The molecule has 0 atom stereocenters. The van der Waals surface area contributed by atoms with E-state index < -0.39 is 4.92 Å². The monoisotopic (exact) mass is 292 g/mol. The number of nitro groups is 1. The van der Waals surface area contributed by atoms with Crippen molar-refractivity contribution in [3.05, 3.63) is 28.0 Å². The number of furan rings is 1. The molecule has 1 amide bonds. The van der Waals surface area contributed by atoms with Gasteiger partial charge in [0.1, 0.15) is 4.92 Å². The third kappa shape index (κ3) is 2.94. The van der Waals surface area contributed by atoms with Crippen LogP contribution < -0.4 is 0 Å². The Hall–Kier alpha value is -1.85. The smallest absolute Gasteiger partial charge is 0.395 e. The molecule has 2 fully saturated rings. The van der Waals surface area contributed by atoms with Gasteiger partial charge in [0.2, 0.25) is 0 Å². The molecule has 0 aliphatic heterocycles. The summed E-state index contributed by atoms with van der Waals surface area (Å²) in [6, 6.07) is 3.22. The highest BCUT2D eigenvalue weighted by Gasteiger charge is 2.40. The summed E-state index contributed by atoms with van der Waals surface area (Å²) in [5.41, 5.74) is 0. The molecule has 0 saturated heterocycles. The fraction of sp³-hybridized carbons (Fsp3) is 0.667. The number of carbonyl (C=O) groups excluding carboxylic acids is 1. The molecule has 2 aliphatic carbocycles. The highest BCUT2D eigenvalue weighted by Crippen LogP contribution is 2.36. The van der Waals surface area contributed by atoms with Crippen molar-refractivity contribution in [2.45, 2.75) is 57.5 Å². The van der Waals surface area contributed by atoms with Gasteiger partial charge in [-0.05, 0) is 50.5 Å². The van der Waals surface area contributed by atoms with Gasteiger partial charge in [-0.2, -0.15) is 0 Å². The molecule has 0 bridgehead atoms. The first-order valence-corrected chi connectivity index (χ1v) is 7.63. The zero-order valence-corrected chi connectivity index (χ0v) is 12.2. The fourth-order valence-corrected chi connectivity index (χ4v) is 3.17. The van der Waals surface area contributed by atoms with E-state index in [2.05, 4.69) is 6.92 Å². The molecule has 114 valence electrons. The lowest BCUT2D eigenvalue weighted by Gasteiger charge is -2.36. The molecule has 0 spiro atoms. The van der Waals surface area contributed by atoms with Gasteiger partial charge >= 0.3 is 5.88 Å². The standard InChI is InChI=1S/C15H20N2O4/c1-10-2-4-11(5-3-10)16(12-6-7-12)15(18)13-8-9-14(21-13)17(19)20/h8-12H,2-7H2,1H3. The molecule has 0 aromatic carbocycles. The zero-order chi connectivity index (χ0) is 15.0. The molecule has 2 saturated carbocycles. The van der Waals surface area contributed by atoms with Gasteiger partial charge in [-0.3, -0.25) is 14.9 Å². The van der Waals surface area contributed by atoms with Crippen molar-refractivity contribution in [3.63, 3.8) is 0 Å². The Kier molecular flexibility index (Phi) is 3.69. The van der Waals surface area contributed by atoms with E-state index in [4.69, 9.17) is 4.42 Å². The third-order valence-electron chi connectivity index (χ3n) is 4.54. The number of rotatable bonds is 4. The molecular weight excluding hydrogens is 272 g/mol. The van der Waals surface area contributed by atoms with E-state index in [0.717, 1.165) is 44.4 Å². The van der Waals surface area contributed by atoms with Crippen molar-refractivity contribution in [2.24, 2.45) is 5.92 Å². The van der Waals surface area contributed by atoms with Crippen LogP contribution in [0.4, 0.5) is 5.88 Å². The van der Waals surface area contributed by atoms with Gasteiger partial charge in [-0.1, -0.05) is 6.92 Å². The predicted octanol–water partition coefficient (Wildman–Crippen LogP) is 3.37. The Labute approximate surface area is 123 Å². The number of nitrogens with zero attached hydrogens (tertiary/aromatic N) is 2. The lowest BCUT2D eigenvalue weighted by Crippen LogP contribution is -2.43. The Morgan fingerprint density at radius 2 is 1.76 bits per heavy atom. The molecule has 21 heavy (non-hydrogen) atoms. The maximum absolute atomic E-state index is 12.7. The normalized spacial score (nSPS) is 25.6. The maximum Gasteiger partial charge on any atom is 0.433 e. The summed E-state index contributed by atoms with van der Waals surface area (Å²) in [6.07, 6.45) is 6.37. The second kappa shape index (κ2) is 5.50. The third-order valence-corrected chi connectivity index (χ3v) is 4.54. The largest absolute Gasteiger partial charge is 0.433 e. The van der Waals surface area contributed by atoms with Gasteiger partial charge in [0.25, 0.3) is 5.91 Å². The fourth-order valence-electron chi connectivity index (χ4n) is 3.17. The van der Waals surface area contributed by atoms with Gasteiger partial charge in [-0.25, -0.2) is 0 Å². The van der Waals surface area contributed by atoms with Crippen LogP contribution in [0, 0.1) is 16.0 Å². The summed E-state index contributed by atoms with van der Waals surface area (Å²) >= 11 is 0. The lowest BCUT2D eigenvalue weighted by atomic mass is 9.86. The van der Waals surface area contributed by atoms with E-state index in [-0.39, 0.29) is 23.6 Å². The molecule has 0 N–H and O–H groups in total. The number of hydrogen-bond donors (Lipinski definition) is 0. The first kappa shape index (κ1) is 14.1. The summed E-state index contributed by atoms with van der Waals surface area (Å²) in [6.45, 7) is 2.25. The van der Waals surface area contributed by atoms with E-state index >= 15 is 0 Å². The van der Waals surface area contributed by atoms with Crippen LogP contribution in [-0.4, -0.2) is 27.8 Å². The topological polar surface area (TPSA) is 76.6 Å². The van der Waals surface area contributed by atoms with Gasteiger partial charge in [0, 0.05) is 12.1 Å². The first-order chi connectivity index (χ1) is 10.1. The van der Waals surface area contributed by atoms with Crippen LogP contribution in [0.3, 0.4) is 0 Å². The minimum absolute atomic E-state index is 0.0900. The van der Waals surface area contributed by atoms with Crippen molar-refractivity contribution in [1.29, 1.82) is 0 Å². The highest BCUT2D eigenvalue weighted by atomic mass is 16.6. The molecule has 0 radical (unpaired) electrons. The van der Waals surface area contributed by atoms with Crippen LogP contribution in [-0.2, 0) is 0 Å². The molecule has 0 unspecified atom stereocenters. The van der Waals surface area contributed by atoms with Crippen molar-refractivity contribution in [2.75, 3.05) is 0 Å². The van der Waals surface area contributed by atoms with Gasteiger partial charge in [0.05, 0.1) is 6.07 Å². The lowest BCUT2D eigenvalue weighted by molar-refractivity contribution is -0.402. The average molecular weight is 292 g/mol. The number of hydrogen-bond acceptors (Lipinski definition) is 4. The van der Waals surface area contributed by atoms with E-state index in [1.165, 1.54) is 12.1 Å². The second-order valence-electron chi connectivity index (χ2n) is 6.25. The Morgan fingerprint density at radius 1 is 1.19 bits per heavy atom. The van der Waals surface area contributed by atoms with Crippen molar-refractivity contribution in [3.8, 4) is 0 Å². The summed E-state index contributed by atoms with van der Waals surface area (Å²) in [4.78, 5) is 24.6. The van der Waals surface area contributed by atoms with Gasteiger partial charge in [-0.15, -0.1) is 0 Å². The Morgan fingerprint density at radius 3 is 2.24 bits per heavy atom. The molecule has 3 rings (SSSR count). The first-order valence-electron chi connectivity index (χ1n) is 7.63. The molecule has 1 aromatic heterocycles. The van der Waals surface area contributed by atoms with E-state index in [1.807, 2.05) is 4.90 Å².